The maximum atomic E-state index is 11.5. The fourth-order valence-corrected chi connectivity index (χ4v) is 1.63. The molecule has 2 nitrogen and oxygen atoms in total. The summed E-state index contributed by atoms with van der Waals surface area (Å²) in [6, 6.07) is 7.93. The number of benzene rings is 1. The number of hydrogen-bond donors (Lipinski definition) is 0. The van der Waals surface area contributed by atoms with Crippen molar-refractivity contribution < 1.29 is 9.53 Å². The van der Waals surface area contributed by atoms with Crippen molar-refractivity contribution >= 4 is 5.97 Å². The molecule has 0 spiro atoms. The zero-order valence-electron chi connectivity index (χ0n) is 8.91. The highest BCUT2D eigenvalue weighted by Crippen LogP contribution is 2.23. The molecule has 2 heteroatoms. The molecule has 1 aromatic carbocycles. The van der Waals surface area contributed by atoms with Crippen molar-refractivity contribution in [1.29, 1.82) is 0 Å². The van der Waals surface area contributed by atoms with Crippen LogP contribution in [0.3, 0.4) is 0 Å². The van der Waals surface area contributed by atoms with Crippen LogP contribution in [0.2, 0.25) is 0 Å². The van der Waals surface area contributed by atoms with Gasteiger partial charge in [-0.25, -0.2) is 0 Å². The predicted molar refractivity (Wildman–Crippen MR) is 56.2 cm³/mol. The Kier molecular flexibility index (Phi) is 3.69. The zero-order valence-corrected chi connectivity index (χ0v) is 8.91. The van der Waals surface area contributed by atoms with E-state index in [-0.39, 0.29) is 11.9 Å². The van der Waals surface area contributed by atoms with Gasteiger partial charge in [0, 0.05) is 0 Å². The minimum atomic E-state index is -0.151. The van der Waals surface area contributed by atoms with Crippen LogP contribution in [-0.4, -0.2) is 13.1 Å². The van der Waals surface area contributed by atoms with Gasteiger partial charge in [-0.3, -0.25) is 4.79 Å². The lowest BCUT2D eigenvalue weighted by molar-refractivity contribution is -0.142. The number of rotatable bonds is 3. The van der Waals surface area contributed by atoms with Crippen LogP contribution in [0.5, 0.6) is 0 Å². The molecule has 0 heterocycles. The van der Waals surface area contributed by atoms with Crippen molar-refractivity contribution in [3.05, 3.63) is 35.4 Å². The molecule has 0 aliphatic carbocycles. The first-order chi connectivity index (χ1) is 6.70. The van der Waals surface area contributed by atoms with Crippen molar-refractivity contribution in [3.63, 3.8) is 0 Å². The Morgan fingerprint density at radius 1 is 1.43 bits per heavy atom. The van der Waals surface area contributed by atoms with Gasteiger partial charge in [0.2, 0.25) is 0 Å². The lowest BCUT2D eigenvalue weighted by Crippen LogP contribution is -2.14. The third-order valence-corrected chi connectivity index (χ3v) is 2.46. The van der Waals surface area contributed by atoms with Crippen molar-refractivity contribution in [2.45, 2.75) is 26.2 Å². The van der Waals surface area contributed by atoms with E-state index in [0.29, 0.717) is 0 Å². The minimum Gasteiger partial charge on any atom is -0.469 e. The monoisotopic (exact) mass is 192 g/mol. The Hall–Kier alpha value is -1.31. The second kappa shape index (κ2) is 4.80. The molecule has 0 bridgehead atoms. The van der Waals surface area contributed by atoms with Crippen LogP contribution in [0.1, 0.15) is 30.4 Å². The first-order valence-electron chi connectivity index (χ1n) is 4.84. The standard InChI is InChI=1S/C12H16O2/c1-4-10(12(13)14-3)11-8-6-5-7-9(11)2/h5-8,10H,4H2,1-3H3. The van der Waals surface area contributed by atoms with E-state index in [9.17, 15) is 4.79 Å². The molecular formula is C12H16O2. The Bertz CT molecular complexity index is 318. The number of ether oxygens (including phenoxy) is 1. The van der Waals surface area contributed by atoms with Crippen LogP contribution < -0.4 is 0 Å². The van der Waals surface area contributed by atoms with Crippen LogP contribution in [-0.2, 0) is 9.53 Å². The molecule has 76 valence electrons. The van der Waals surface area contributed by atoms with Crippen LogP contribution in [0.4, 0.5) is 0 Å². The summed E-state index contributed by atoms with van der Waals surface area (Å²) in [7, 11) is 1.43. The third-order valence-electron chi connectivity index (χ3n) is 2.46. The molecular weight excluding hydrogens is 176 g/mol. The highest BCUT2D eigenvalue weighted by atomic mass is 16.5. The molecule has 0 amide bonds. The molecule has 1 rings (SSSR count). The average molecular weight is 192 g/mol. The molecule has 1 atom stereocenters. The summed E-state index contributed by atoms with van der Waals surface area (Å²) in [5, 5.41) is 0. The molecule has 0 N–H and O–H groups in total. The topological polar surface area (TPSA) is 26.3 Å². The number of methoxy groups -OCH3 is 1. The second-order valence-corrected chi connectivity index (χ2v) is 3.34. The summed E-state index contributed by atoms with van der Waals surface area (Å²) in [6.45, 7) is 4.01. The van der Waals surface area contributed by atoms with Crippen LogP contribution in [0.25, 0.3) is 0 Å². The van der Waals surface area contributed by atoms with Crippen molar-refractivity contribution in [2.24, 2.45) is 0 Å². The first-order valence-corrected chi connectivity index (χ1v) is 4.84. The number of aryl methyl sites for hydroxylation is 1. The summed E-state index contributed by atoms with van der Waals surface area (Å²) in [5.41, 5.74) is 2.21. The summed E-state index contributed by atoms with van der Waals surface area (Å²) >= 11 is 0. The van der Waals surface area contributed by atoms with Gasteiger partial charge in [0.1, 0.15) is 0 Å². The second-order valence-electron chi connectivity index (χ2n) is 3.34. The minimum absolute atomic E-state index is 0.124. The molecule has 0 aliphatic heterocycles. The smallest absolute Gasteiger partial charge is 0.313 e. The molecule has 0 radical (unpaired) electrons. The van der Waals surface area contributed by atoms with Gasteiger partial charge < -0.3 is 4.74 Å². The van der Waals surface area contributed by atoms with E-state index in [4.69, 9.17) is 4.74 Å². The number of carbonyl (C=O) groups is 1. The Labute approximate surface area is 84.9 Å². The Morgan fingerprint density at radius 2 is 2.07 bits per heavy atom. The van der Waals surface area contributed by atoms with Crippen molar-refractivity contribution in [2.75, 3.05) is 7.11 Å². The average Bonchev–Trinajstić information content (AvgIpc) is 2.21. The van der Waals surface area contributed by atoms with E-state index in [0.717, 1.165) is 17.5 Å². The Morgan fingerprint density at radius 3 is 2.57 bits per heavy atom. The Balaban J connectivity index is 3.01. The molecule has 0 aromatic heterocycles. The normalized spacial score (nSPS) is 12.2. The van der Waals surface area contributed by atoms with E-state index < -0.39 is 0 Å². The fraction of sp³-hybridized carbons (Fsp3) is 0.417. The maximum Gasteiger partial charge on any atom is 0.313 e. The van der Waals surface area contributed by atoms with Gasteiger partial charge in [0.25, 0.3) is 0 Å². The number of esters is 1. The van der Waals surface area contributed by atoms with E-state index in [1.54, 1.807) is 0 Å². The highest BCUT2D eigenvalue weighted by molar-refractivity contribution is 5.78. The van der Waals surface area contributed by atoms with Crippen LogP contribution >= 0.6 is 0 Å². The summed E-state index contributed by atoms with van der Waals surface area (Å²) in [5.74, 6) is -0.275. The molecule has 1 unspecified atom stereocenters. The first kappa shape index (κ1) is 10.8. The predicted octanol–water partition coefficient (Wildman–Crippen LogP) is 2.66. The van der Waals surface area contributed by atoms with Gasteiger partial charge in [-0.1, -0.05) is 31.2 Å². The molecule has 0 aliphatic rings. The number of carbonyl (C=O) groups excluding carboxylic acids is 1. The van der Waals surface area contributed by atoms with Crippen LogP contribution in [0.15, 0.2) is 24.3 Å². The molecule has 0 saturated carbocycles. The quantitative estimate of drug-likeness (QED) is 0.688. The van der Waals surface area contributed by atoms with Crippen LogP contribution in [0, 0.1) is 6.92 Å². The van der Waals surface area contributed by atoms with E-state index in [1.165, 1.54) is 7.11 Å². The maximum absolute atomic E-state index is 11.5. The largest absolute Gasteiger partial charge is 0.469 e. The van der Waals surface area contributed by atoms with Gasteiger partial charge in [-0.15, -0.1) is 0 Å². The van der Waals surface area contributed by atoms with Gasteiger partial charge in [0.05, 0.1) is 13.0 Å². The van der Waals surface area contributed by atoms with E-state index >= 15 is 0 Å². The summed E-state index contributed by atoms with van der Waals surface area (Å²) in [4.78, 5) is 11.5. The number of hydrogen-bond acceptors (Lipinski definition) is 2. The highest BCUT2D eigenvalue weighted by Gasteiger charge is 2.20. The van der Waals surface area contributed by atoms with E-state index in [2.05, 4.69) is 0 Å². The van der Waals surface area contributed by atoms with Gasteiger partial charge in [0.15, 0.2) is 0 Å². The summed E-state index contributed by atoms with van der Waals surface area (Å²) < 4.78 is 4.77. The third kappa shape index (κ3) is 2.13. The SMILES string of the molecule is CCC(C(=O)OC)c1ccccc1C. The van der Waals surface area contributed by atoms with Gasteiger partial charge >= 0.3 is 5.97 Å². The van der Waals surface area contributed by atoms with Crippen molar-refractivity contribution in [1.82, 2.24) is 0 Å². The zero-order chi connectivity index (χ0) is 10.6. The lowest BCUT2D eigenvalue weighted by Gasteiger charge is -2.14. The molecule has 14 heavy (non-hydrogen) atoms. The molecule has 0 fully saturated rings. The van der Waals surface area contributed by atoms with Gasteiger partial charge in [-0.05, 0) is 24.5 Å². The molecule has 1 aromatic rings. The van der Waals surface area contributed by atoms with Gasteiger partial charge in [-0.2, -0.15) is 0 Å². The lowest BCUT2D eigenvalue weighted by atomic mass is 9.93. The fourth-order valence-electron chi connectivity index (χ4n) is 1.63. The van der Waals surface area contributed by atoms with E-state index in [1.807, 2.05) is 38.1 Å². The summed E-state index contributed by atoms with van der Waals surface area (Å²) in [6.07, 6.45) is 0.775. The molecule has 0 saturated heterocycles. The van der Waals surface area contributed by atoms with Crippen molar-refractivity contribution in [3.8, 4) is 0 Å².